The van der Waals surface area contributed by atoms with Crippen LogP contribution >= 0.6 is 23.4 Å². The summed E-state index contributed by atoms with van der Waals surface area (Å²) < 4.78 is 52.9. The minimum atomic E-state index is -5.01. The van der Waals surface area contributed by atoms with Crippen LogP contribution in [0.15, 0.2) is 44.8 Å². The molecule has 0 aliphatic rings. The third kappa shape index (κ3) is 5.84. The molecule has 0 spiro atoms. The minimum absolute atomic E-state index is 0.0649. The van der Waals surface area contributed by atoms with Crippen LogP contribution in [0.2, 0.25) is 5.02 Å². The lowest BCUT2D eigenvalue weighted by molar-refractivity contribution is -0.144. The van der Waals surface area contributed by atoms with E-state index in [1.165, 1.54) is 20.8 Å². The molecule has 14 heteroatoms. The van der Waals surface area contributed by atoms with Crippen molar-refractivity contribution in [2.75, 3.05) is 6.54 Å². The predicted molar refractivity (Wildman–Crippen MR) is 126 cm³/mol. The van der Waals surface area contributed by atoms with Crippen molar-refractivity contribution in [3.63, 3.8) is 0 Å². The highest BCUT2D eigenvalue weighted by molar-refractivity contribution is 8.01. The zero-order chi connectivity index (χ0) is 27.7. The van der Waals surface area contributed by atoms with Gasteiger partial charge in [0, 0.05) is 30.1 Å². The van der Waals surface area contributed by atoms with Gasteiger partial charge in [-0.05, 0) is 31.9 Å². The van der Waals surface area contributed by atoms with Crippen LogP contribution in [0.4, 0.5) is 17.6 Å². The number of benzene rings is 1. The number of thioether (sulfide) groups is 1. The number of carboxylic acid groups (broad SMARTS) is 1. The molecule has 8 nitrogen and oxygen atoms in total. The highest BCUT2D eigenvalue weighted by Gasteiger charge is 2.41. The first-order chi connectivity index (χ1) is 16.4. The number of carbonyl (C=O) groups is 2. The van der Waals surface area contributed by atoms with Crippen LogP contribution in [0.3, 0.4) is 0 Å². The van der Waals surface area contributed by atoms with Crippen LogP contribution in [0.5, 0.6) is 0 Å². The number of alkyl halides is 3. The molecule has 196 valence electrons. The Morgan fingerprint density at radius 2 is 1.83 bits per heavy atom. The fourth-order valence-electron chi connectivity index (χ4n) is 3.06. The van der Waals surface area contributed by atoms with Crippen molar-refractivity contribution in [3.8, 4) is 5.69 Å². The number of hydrogen-bond donors (Lipinski definition) is 2. The van der Waals surface area contributed by atoms with E-state index in [0.717, 1.165) is 19.2 Å². The van der Waals surface area contributed by atoms with Crippen LogP contribution in [-0.2, 0) is 22.8 Å². The van der Waals surface area contributed by atoms with Crippen molar-refractivity contribution in [3.05, 3.63) is 67.7 Å². The molecule has 0 bridgehead atoms. The van der Waals surface area contributed by atoms with Crippen molar-refractivity contribution in [1.29, 1.82) is 0 Å². The number of halogens is 5. The van der Waals surface area contributed by atoms with Crippen LogP contribution in [0, 0.1) is 11.7 Å². The van der Waals surface area contributed by atoms with Crippen molar-refractivity contribution in [2.45, 2.75) is 36.6 Å². The van der Waals surface area contributed by atoms with E-state index < -0.39 is 57.2 Å². The number of aliphatic carboxylic acids is 1. The third-order valence-corrected chi connectivity index (χ3v) is 7.48. The van der Waals surface area contributed by atoms with Crippen LogP contribution in [0.25, 0.3) is 5.69 Å². The maximum absolute atomic E-state index is 14.8. The molecule has 36 heavy (non-hydrogen) atoms. The lowest BCUT2D eigenvalue weighted by atomic mass is 9.95. The number of nitrogens with zero attached hydrogens (tertiary/aromatic N) is 2. The van der Waals surface area contributed by atoms with E-state index >= 15 is 0 Å². The van der Waals surface area contributed by atoms with E-state index in [4.69, 9.17) is 11.6 Å². The molecule has 0 fully saturated rings. The van der Waals surface area contributed by atoms with Gasteiger partial charge >= 0.3 is 17.8 Å². The number of nitrogens with one attached hydrogen (secondary N) is 1. The first-order valence-electron chi connectivity index (χ1n) is 10.2. The standard InChI is InChI=1S/C22H22ClF4N3O5S/c1-10(2)18(32)28-9-11(3)21(4,19(33)34)36-15-7-14(13(24)6-12(15)23)30-17(31)8-16(22(25,26)27)29(5)20(30)35/h6-8,11H,1,9H2,2-5H3,(H,28,32)(H,33,34). The van der Waals surface area contributed by atoms with Gasteiger partial charge in [-0.1, -0.05) is 25.1 Å². The van der Waals surface area contributed by atoms with Crippen LogP contribution in [-0.4, -0.2) is 37.4 Å². The number of aromatic nitrogens is 2. The smallest absolute Gasteiger partial charge is 0.431 e. The number of hydrogen-bond acceptors (Lipinski definition) is 5. The summed E-state index contributed by atoms with van der Waals surface area (Å²) in [5, 5.41) is 12.2. The number of amides is 1. The lowest BCUT2D eigenvalue weighted by Crippen LogP contribution is -2.44. The molecule has 2 rings (SSSR count). The summed E-state index contributed by atoms with van der Waals surface area (Å²) in [5.41, 5.74) is -4.94. The van der Waals surface area contributed by atoms with E-state index in [9.17, 15) is 41.8 Å². The molecule has 0 aliphatic heterocycles. The molecule has 0 saturated carbocycles. The van der Waals surface area contributed by atoms with E-state index in [1.807, 2.05) is 0 Å². The quantitative estimate of drug-likeness (QED) is 0.295. The molecular weight excluding hydrogens is 530 g/mol. The summed E-state index contributed by atoms with van der Waals surface area (Å²) in [5.74, 6) is -3.72. The predicted octanol–water partition coefficient (Wildman–Crippen LogP) is 3.61. The maximum Gasteiger partial charge on any atom is 0.431 e. The highest BCUT2D eigenvalue weighted by atomic mass is 35.5. The molecule has 2 aromatic rings. The second-order valence-corrected chi connectivity index (χ2v) is 10.1. The second kappa shape index (κ2) is 10.5. The summed E-state index contributed by atoms with van der Waals surface area (Å²) in [6, 6.07) is 1.79. The zero-order valence-electron chi connectivity index (χ0n) is 19.5. The van der Waals surface area contributed by atoms with E-state index in [2.05, 4.69) is 11.9 Å². The Hall–Kier alpha value is -3.06. The summed E-state index contributed by atoms with van der Waals surface area (Å²) in [7, 11) is 0.771. The molecule has 2 N–H and O–H groups in total. The van der Waals surface area contributed by atoms with Crippen LogP contribution < -0.4 is 16.6 Å². The second-order valence-electron chi connectivity index (χ2n) is 8.18. The van der Waals surface area contributed by atoms with E-state index in [-0.39, 0.29) is 37.2 Å². The molecule has 1 amide bonds. The Bertz CT molecular complexity index is 1350. The first kappa shape index (κ1) is 29.2. The number of carboxylic acids is 1. The highest BCUT2D eigenvalue weighted by Crippen LogP contribution is 2.43. The molecule has 0 saturated heterocycles. The van der Waals surface area contributed by atoms with Crippen molar-refractivity contribution in [2.24, 2.45) is 13.0 Å². The largest absolute Gasteiger partial charge is 0.480 e. The number of rotatable bonds is 8. The van der Waals surface area contributed by atoms with Gasteiger partial charge in [0.05, 0.1) is 10.7 Å². The fraction of sp³-hybridized carbons (Fsp3) is 0.364. The van der Waals surface area contributed by atoms with Gasteiger partial charge in [-0.2, -0.15) is 13.2 Å². The molecule has 1 aromatic carbocycles. The van der Waals surface area contributed by atoms with Gasteiger partial charge in [-0.3, -0.25) is 19.0 Å². The van der Waals surface area contributed by atoms with Gasteiger partial charge in [-0.15, -0.1) is 11.8 Å². The number of carbonyl (C=O) groups excluding carboxylic acids is 1. The van der Waals surface area contributed by atoms with Gasteiger partial charge in [0.1, 0.15) is 16.3 Å². The first-order valence-corrected chi connectivity index (χ1v) is 11.4. The average molecular weight is 552 g/mol. The van der Waals surface area contributed by atoms with E-state index in [1.54, 1.807) is 0 Å². The normalized spacial score (nSPS) is 14.1. The topological polar surface area (TPSA) is 110 Å². The van der Waals surface area contributed by atoms with Gasteiger partial charge in [0.2, 0.25) is 5.91 Å². The zero-order valence-corrected chi connectivity index (χ0v) is 21.1. The van der Waals surface area contributed by atoms with Crippen LogP contribution in [0.1, 0.15) is 26.5 Å². The summed E-state index contributed by atoms with van der Waals surface area (Å²) in [4.78, 5) is 48.9. The van der Waals surface area contributed by atoms with Crippen molar-refractivity contribution >= 4 is 35.2 Å². The van der Waals surface area contributed by atoms with Gasteiger partial charge in [0.25, 0.3) is 5.56 Å². The Labute approximate surface area is 211 Å². The molecule has 2 unspecified atom stereocenters. The summed E-state index contributed by atoms with van der Waals surface area (Å²) in [6.45, 7) is 7.75. The summed E-state index contributed by atoms with van der Waals surface area (Å²) >= 11 is 6.77. The third-order valence-electron chi connectivity index (χ3n) is 5.50. The van der Waals surface area contributed by atoms with E-state index in [0.29, 0.717) is 11.8 Å². The Morgan fingerprint density at radius 1 is 1.25 bits per heavy atom. The van der Waals surface area contributed by atoms with Gasteiger partial charge in [0.15, 0.2) is 0 Å². The van der Waals surface area contributed by atoms with Gasteiger partial charge < -0.3 is 10.4 Å². The maximum atomic E-state index is 14.8. The Morgan fingerprint density at radius 3 is 2.33 bits per heavy atom. The molecule has 1 aromatic heterocycles. The molecule has 2 atom stereocenters. The lowest BCUT2D eigenvalue weighted by Gasteiger charge is -2.31. The SMILES string of the molecule is C=C(C)C(=O)NCC(C)C(C)(Sc1cc(-n2c(=O)cc(C(F)(F)F)n(C)c2=O)c(F)cc1Cl)C(=O)O. The molecule has 0 aliphatic carbocycles. The van der Waals surface area contributed by atoms with Crippen molar-refractivity contribution < 1.29 is 32.3 Å². The van der Waals surface area contributed by atoms with Crippen molar-refractivity contribution in [1.82, 2.24) is 14.5 Å². The average Bonchev–Trinajstić information content (AvgIpc) is 2.75. The fourth-order valence-corrected chi connectivity index (χ4v) is 4.48. The Balaban J connectivity index is 2.61. The molecule has 0 radical (unpaired) electrons. The summed E-state index contributed by atoms with van der Waals surface area (Å²) in [6.07, 6.45) is -5.01. The Kier molecular flexibility index (Phi) is 8.52. The molecule has 1 heterocycles. The van der Waals surface area contributed by atoms with Gasteiger partial charge in [-0.25, -0.2) is 13.8 Å². The monoisotopic (exact) mass is 551 g/mol. The minimum Gasteiger partial charge on any atom is -0.480 e. The molecular formula is C22H22ClF4N3O5S.